The Bertz CT molecular complexity index is 286. The molecule has 0 aliphatic rings. The van der Waals surface area contributed by atoms with E-state index in [1.54, 1.807) is 0 Å². The smallest absolute Gasteiger partial charge is 0.161 e. The van der Waals surface area contributed by atoms with Crippen LogP contribution < -0.4 is 33.1 Å². The van der Waals surface area contributed by atoms with E-state index in [4.69, 9.17) is 0 Å². The summed E-state index contributed by atoms with van der Waals surface area (Å²) in [6, 6.07) is 0. The lowest BCUT2D eigenvalue weighted by atomic mass is 10.6. The summed E-state index contributed by atoms with van der Waals surface area (Å²) in [5.41, 5.74) is 0. The lowest BCUT2D eigenvalue weighted by Crippen LogP contribution is -2.17. The summed E-state index contributed by atoms with van der Waals surface area (Å²) in [5.74, 6) is 0.433. The van der Waals surface area contributed by atoms with Gasteiger partial charge in [0.15, 0.2) is 7.60 Å². The second kappa shape index (κ2) is 8.93. The fraction of sp³-hybridized carbons (Fsp3) is 0. The maximum atomic E-state index is 10.5. The molecule has 0 aromatic rings. The Balaban J connectivity index is -0.000000202. The van der Waals surface area contributed by atoms with Crippen molar-refractivity contribution in [1.82, 2.24) is 18.5 Å². The third-order valence-electron chi connectivity index (χ3n) is 0.619. The van der Waals surface area contributed by atoms with Gasteiger partial charge in [-0.1, -0.05) is 18.7 Å². The van der Waals surface area contributed by atoms with Crippen LogP contribution in [0.5, 0.6) is 0 Å². The van der Waals surface area contributed by atoms with Crippen molar-refractivity contribution < 1.29 is 28.1 Å². The Morgan fingerprint density at radius 1 is 1.07 bits per heavy atom. The molecule has 94 valence electrons. The van der Waals surface area contributed by atoms with Crippen molar-refractivity contribution in [2.45, 2.75) is 0 Å². The minimum Gasteiger partial charge on any atom is -0.790 e. The molecule has 0 saturated heterocycles. The molecule has 0 fully saturated rings. The monoisotopic (exact) mass is 265 g/mol. The first-order valence-corrected chi connectivity index (χ1v) is 5.68. The van der Waals surface area contributed by atoms with Crippen LogP contribution in [-0.2, 0) is 13.4 Å². The number of allylic oxidation sites excluding steroid dienone is 2. The third-order valence-corrected chi connectivity index (χ3v) is 2.87. The van der Waals surface area contributed by atoms with E-state index in [1.807, 2.05) is 0 Å². The zero-order valence-electron chi connectivity index (χ0n) is 8.78. The van der Waals surface area contributed by atoms with Gasteiger partial charge in [0.05, 0.1) is 7.82 Å². The molecule has 0 aliphatic heterocycles. The highest BCUT2D eigenvalue weighted by Gasteiger charge is 2.04. The molecule has 0 aromatic heterocycles. The fourth-order valence-corrected chi connectivity index (χ4v) is 2.00. The Morgan fingerprint density at radius 2 is 1.47 bits per heavy atom. The van der Waals surface area contributed by atoms with Crippen LogP contribution in [0.2, 0.25) is 0 Å². The number of phosphoric acid groups is 1. The van der Waals surface area contributed by atoms with Gasteiger partial charge in [0.1, 0.15) is 0 Å². The van der Waals surface area contributed by atoms with Gasteiger partial charge in [-0.2, -0.15) is 0 Å². The number of hydrogen-bond donors (Lipinski definition) is 3. The molecule has 12 N–H and O–H groups in total. The zero-order chi connectivity index (χ0) is 9.83. The molecule has 0 spiro atoms. The number of quaternary nitrogens is 3. The molecule has 11 heteroatoms. The van der Waals surface area contributed by atoms with Gasteiger partial charge in [-0.3, -0.25) is 0 Å². The summed E-state index contributed by atoms with van der Waals surface area (Å²) >= 11 is 0. The fourth-order valence-electron chi connectivity index (χ4n) is 0.333. The van der Waals surface area contributed by atoms with Gasteiger partial charge in [-0.05, 0) is 5.82 Å². The van der Waals surface area contributed by atoms with Gasteiger partial charge >= 0.3 is 0 Å². The molecule has 15 heavy (non-hydrogen) atoms. The molecule has 9 nitrogen and oxygen atoms in total. The summed E-state index contributed by atoms with van der Waals surface area (Å²) in [5, 5.41) is 0. The van der Waals surface area contributed by atoms with Gasteiger partial charge in [0.2, 0.25) is 0 Å². The average molecular weight is 265 g/mol. The number of rotatable bonds is 4. The molecule has 0 rings (SSSR count). The van der Waals surface area contributed by atoms with E-state index < -0.39 is 15.4 Å². The first-order chi connectivity index (χ1) is 5.27. The second-order valence-corrected chi connectivity index (χ2v) is 4.57. The highest BCUT2D eigenvalue weighted by atomic mass is 31.3. The summed E-state index contributed by atoms with van der Waals surface area (Å²) in [7, 11) is -10.2. The van der Waals surface area contributed by atoms with Crippen molar-refractivity contribution in [3.8, 4) is 0 Å². The molecular weight excluding hydrogens is 248 g/mol. The standard InChI is InChI=1S/C4H8O6P2.3H3N/c1-2-3-4-11(5,6)10-12(7,8)9;;;/h2-4H,1H2,(H,5,6)(H2,7,8,9);3*1H3/b4-3+;;;. The van der Waals surface area contributed by atoms with E-state index in [0.29, 0.717) is 5.82 Å². The lowest BCUT2D eigenvalue weighted by Gasteiger charge is -2.34. The Morgan fingerprint density at radius 3 is 1.73 bits per heavy atom. The summed E-state index contributed by atoms with van der Waals surface area (Å²) < 4.78 is 23.6. The Labute approximate surface area is 87.4 Å². The number of hydrogen-bond acceptors (Lipinski definition) is 6. The van der Waals surface area contributed by atoms with Crippen LogP contribution in [0, 0.1) is 0 Å². The largest absolute Gasteiger partial charge is 0.790 e. The van der Waals surface area contributed by atoms with Crippen molar-refractivity contribution in [2.75, 3.05) is 0 Å². The summed E-state index contributed by atoms with van der Waals surface area (Å²) in [6.45, 7) is 3.13. The van der Waals surface area contributed by atoms with Crippen LogP contribution in [0.25, 0.3) is 0 Å². The Hall–Kier alpha value is -0.340. The molecule has 1 unspecified atom stereocenters. The van der Waals surface area contributed by atoms with Crippen LogP contribution in [-0.4, -0.2) is 0 Å². The molecule has 0 saturated carbocycles. The normalized spacial score (nSPS) is 14.1. The minimum absolute atomic E-state index is 0. The van der Waals surface area contributed by atoms with Crippen LogP contribution in [0.3, 0.4) is 0 Å². The predicted octanol–water partition coefficient (Wildman–Crippen LogP) is 0.213. The second-order valence-electron chi connectivity index (χ2n) is 1.65. The summed E-state index contributed by atoms with van der Waals surface area (Å²) in [6.07, 6.45) is 2.03. The SMILES string of the molecule is C=C/C=C/P(=O)([O-])OP(=O)([O-])[O-].[NH4+].[NH4+].[NH4+]. The van der Waals surface area contributed by atoms with E-state index in [-0.39, 0.29) is 18.5 Å². The molecule has 0 aromatic carbocycles. The molecule has 0 heterocycles. The molecule has 0 bridgehead atoms. The van der Waals surface area contributed by atoms with Crippen LogP contribution in [0.15, 0.2) is 24.5 Å². The van der Waals surface area contributed by atoms with Crippen molar-refractivity contribution in [3.05, 3.63) is 24.5 Å². The zero-order valence-corrected chi connectivity index (χ0v) is 10.6. The first-order valence-electron chi connectivity index (χ1n) is 2.61. The van der Waals surface area contributed by atoms with Gasteiger partial charge in [0, 0.05) is 0 Å². The quantitative estimate of drug-likeness (QED) is 0.475. The minimum atomic E-state index is -5.49. The predicted molar refractivity (Wildman–Crippen MR) is 53.6 cm³/mol. The third kappa shape index (κ3) is 16.3. The van der Waals surface area contributed by atoms with Crippen LogP contribution in [0.4, 0.5) is 0 Å². The van der Waals surface area contributed by atoms with Gasteiger partial charge in [-0.25, -0.2) is 0 Å². The molecule has 0 amide bonds. The van der Waals surface area contributed by atoms with Crippen molar-refractivity contribution >= 4 is 15.4 Å². The Kier molecular flexibility index (Phi) is 14.3. The first kappa shape index (κ1) is 24.1. The van der Waals surface area contributed by atoms with E-state index in [1.165, 1.54) is 0 Å². The molecular formula is C4H17N3O6P2. The van der Waals surface area contributed by atoms with E-state index in [0.717, 1.165) is 12.2 Å². The van der Waals surface area contributed by atoms with Crippen LogP contribution >= 0.6 is 15.4 Å². The maximum Gasteiger partial charge on any atom is 0.161 e. The van der Waals surface area contributed by atoms with Crippen molar-refractivity contribution in [1.29, 1.82) is 0 Å². The molecule has 0 radical (unpaired) electrons. The van der Waals surface area contributed by atoms with Gasteiger partial charge < -0.3 is 46.6 Å². The van der Waals surface area contributed by atoms with Crippen molar-refractivity contribution in [3.63, 3.8) is 0 Å². The highest BCUT2D eigenvalue weighted by Crippen LogP contribution is 2.50. The van der Waals surface area contributed by atoms with E-state index in [2.05, 4.69) is 10.9 Å². The lowest BCUT2D eigenvalue weighted by molar-refractivity contribution is -0.337. The maximum absolute atomic E-state index is 10.5. The van der Waals surface area contributed by atoms with Gasteiger partial charge in [-0.15, -0.1) is 0 Å². The van der Waals surface area contributed by atoms with Gasteiger partial charge in [0.25, 0.3) is 0 Å². The topological polar surface area (TPSA) is 222 Å². The van der Waals surface area contributed by atoms with E-state index >= 15 is 0 Å². The molecule has 0 aliphatic carbocycles. The van der Waals surface area contributed by atoms with Crippen molar-refractivity contribution in [2.24, 2.45) is 0 Å². The summed E-state index contributed by atoms with van der Waals surface area (Å²) in [4.78, 5) is 30.2. The highest BCUT2D eigenvalue weighted by molar-refractivity contribution is 7.63. The average Bonchev–Trinajstić information content (AvgIpc) is 1.78. The van der Waals surface area contributed by atoms with E-state index in [9.17, 15) is 23.8 Å². The van der Waals surface area contributed by atoms with Crippen LogP contribution in [0.1, 0.15) is 0 Å². The molecule has 1 atom stereocenters.